The summed E-state index contributed by atoms with van der Waals surface area (Å²) >= 11 is 1.67. The number of aromatic nitrogens is 1. The molecule has 0 saturated carbocycles. The highest BCUT2D eigenvalue weighted by Crippen LogP contribution is 2.36. The summed E-state index contributed by atoms with van der Waals surface area (Å²) in [6.07, 6.45) is 2.33. The second kappa shape index (κ2) is 6.87. The minimum absolute atomic E-state index is 0.218. The van der Waals surface area contributed by atoms with E-state index in [2.05, 4.69) is 15.6 Å². The van der Waals surface area contributed by atoms with Gasteiger partial charge in [-0.2, -0.15) is 0 Å². The second-order valence-corrected chi connectivity index (χ2v) is 6.17. The molecule has 1 aliphatic rings. The van der Waals surface area contributed by atoms with Crippen LogP contribution in [0.3, 0.4) is 0 Å². The van der Waals surface area contributed by atoms with Crippen LogP contribution in [0.25, 0.3) is 0 Å². The second-order valence-electron chi connectivity index (χ2n) is 5.03. The molecule has 7 heteroatoms. The number of fused-ring (bicyclic) bond motifs is 1. The first kappa shape index (κ1) is 15.6. The van der Waals surface area contributed by atoms with Gasteiger partial charge in [-0.1, -0.05) is 0 Å². The highest BCUT2D eigenvalue weighted by atomic mass is 32.2. The Bertz CT molecular complexity index is 726. The summed E-state index contributed by atoms with van der Waals surface area (Å²) < 4.78 is 18.6. The van der Waals surface area contributed by atoms with Gasteiger partial charge < -0.3 is 15.4 Å². The molecule has 0 saturated heterocycles. The number of carbonyl (C=O) groups excluding carboxylic acids is 1. The molecule has 3 rings (SSSR count). The van der Waals surface area contributed by atoms with Crippen LogP contribution in [0.15, 0.2) is 41.4 Å². The molecule has 1 aromatic carbocycles. The van der Waals surface area contributed by atoms with Crippen LogP contribution in [0, 0.1) is 5.82 Å². The molecule has 1 aromatic heterocycles. The van der Waals surface area contributed by atoms with Gasteiger partial charge in [-0.25, -0.2) is 14.2 Å². The molecule has 0 fully saturated rings. The summed E-state index contributed by atoms with van der Waals surface area (Å²) in [7, 11) is 1.49. The number of methoxy groups -OCH3 is 1. The third-order valence-electron chi connectivity index (χ3n) is 3.53. The van der Waals surface area contributed by atoms with Crippen molar-refractivity contribution in [2.24, 2.45) is 0 Å². The van der Waals surface area contributed by atoms with Crippen molar-refractivity contribution in [3.63, 3.8) is 0 Å². The number of carbonyl (C=O) groups is 1. The molecule has 5 nitrogen and oxygen atoms in total. The van der Waals surface area contributed by atoms with E-state index in [1.807, 2.05) is 0 Å². The summed E-state index contributed by atoms with van der Waals surface area (Å²) in [5, 5.41) is 5.60. The average Bonchev–Trinajstić information content (AvgIpc) is 2.56. The Hall–Kier alpha value is -2.28. The predicted octanol–water partition coefficient (Wildman–Crippen LogP) is 3.59. The molecule has 1 aliphatic heterocycles. The van der Waals surface area contributed by atoms with E-state index in [4.69, 9.17) is 4.74 Å². The summed E-state index contributed by atoms with van der Waals surface area (Å²) in [5.74, 6) is 0.917. The molecule has 2 N–H and O–H groups in total. The topological polar surface area (TPSA) is 63.2 Å². The monoisotopic (exact) mass is 333 g/mol. The van der Waals surface area contributed by atoms with Gasteiger partial charge in [0.1, 0.15) is 11.5 Å². The minimum atomic E-state index is -0.372. The number of nitrogens with one attached hydrogen (secondary N) is 2. The SMILES string of the molecule is COc1ncccc1NC(=O)NC1CCSc2ccc(F)cc21. The van der Waals surface area contributed by atoms with Crippen LogP contribution in [-0.4, -0.2) is 23.9 Å². The number of pyridine rings is 1. The first-order chi connectivity index (χ1) is 11.2. The molecule has 2 amide bonds. The van der Waals surface area contributed by atoms with Crippen LogP contribution in [0.4, 0.5) is 14.9 Å². The largest absolute Gasteiger partial charge is 0.480 e. The number of nitrogens with zero attached hydrogens (tertiary/aromatic N) is 1. The first-order valence-electron chi connectivity index (χ1n) is 7.16. The number of thioether (sulfide) groups is 1. The molecular weight excluding hydrogens is 317 g/mol. The molecule has 0 bridgehead atoms. The summed E-state index contributed by atoms with van der Waals surface area (Å²) in [4.78, 5) is 17.3. The Morgan fingerprint density at radius 1 is 1.43 bits per heavy atom. The highest BCUT2D eigenvalue weighted by Gasteiger charge is 2.23. The van der Waals surface area contributed by atoms with Gasteiger partial charge in [0.25, 0.3) is 0 Å². The number of hydrogen-bond donors (Lipinski definition) is 2. The van der Waals surface area contributed by atoms with Gasteiger partial charge in [0.15, 0.2) is 0 Å². The predicted molar refractivity (Wildman–Crippen MR) is 87.4 cm³/mol. The number of urea groups is 1. The van der Waals surface area contributed by atoms with Crippen LogP contribution in [0.2, 0.25) is 0 Å². The number of hydrogen-bond acceptors (Lipinski definition) is 4. The number of halogens is 1. The Kier molecular flexibility index (Phi) is 4.66. The normalized spacial score (nSPS) is 16.3. The lowest BCUT2D eigenvalue weighted by atomic mass is 10.0. The molecule has 120 valence electrons. The maximum atomic E-state index is 13.5. The van der Waals surface area contributed by atoms with Crippen molar-refractivity contribution in [2.45, 2.75) is 17.4 Å². The van der Waals surface area contributed by atoms with Crippen LogP contribution in [0.5, 0.6) is 5.88 Å². The van der Waals surface area contributed by atoms with Crippen LogP contribution in [0.1, 0.15) is 18.0 Å². The Morgan fingerprint density at radius 2 is 2.30 bits per heavy atom. The number of rotatable bonds is 3. The van der Waals surface area contributed by atoms with Gasteiger partial charge in [-0.3, -0.25) is 0 Å². The van der Waals surface area contributed by atoms with Crippen molar-refractivity contribution in [3.8, 4) is 5.88 Å². The zero-order valence-corrected chi connectivity index (χ0v) is 13.3. The quantitative estimate of drug-likeness (QED) is 0.901. The smallest absolute Gasteiger partial charge is 0.319 e. The molecule has 1 atom stereocenters. The highest BCUT2D eigenvalue weighted by molar-refractivity contribution is 7.99. The van der Waals surface area contributed by atoms with E-state index in [9.17, 15) is 9.18 Å². The molecular formula is C16H16FN3O2S. The first-order valence-corrected chi connectivity index (χ1v) is 8.14. The van der Waals surface area contributed by atoms with E-state index in [0.29, 0.717) is 11.6 Å². The molecule has 0 spiro atoms. The van der Waals surface area contributed by atoms with E-state index >= 15 is 0 Å². The Labute approximate surface area is 137 Å². The van der Waals surface area contributed by atoms with E-state index in [1.165, 1.54) is 19.2 Å². The maximum Gasteiger partial charge on any atom is 0.319 e. The fourth-order valence-electron chi connectivity index (χ4n) is 2.48. The third kappa shape index (κ3) is 3.56. The molecule has 2 aromatic rings. The number of amides is 2. The van der Waals surface area contributed by atoms with E-state index in [-0.39, 0.29) is 17.9 Å². The van der Waals surface area contributed by atoms with Crippen molar-refractivity contribution in [2.75, 3.05) is 18.2 Å². The maximum absolute atomic E-state index is 13.5. The molecule has 1 unspecified atom stereocenters. The molecule has 2 heterocycles. The fourth-order valence-corrected chi connectivity index (χ4v) is 3.59. The minimum Gasteiger partial charge on any atom is -0.480 e. The van der Waals surface area contributed by atoms with E-state index in [0.717, 1.165) is 22.6 Å². The standard InChI is InChI=1S/C16H16FN3O2S/c1-22-15-13(3-2-7-18-15)20-16(21)19-12-6-8-23-14-5-4-10(17)9-11(12)14/h2-5,7,9,12H,6,8H2,1H3,(H2,19,20,21). The van der Waals surface area contributed by atoms with Gasteiger partial charge in [0, 0.05) is 16.8 Å². The van der Waals surface area contributed by atoms with Crippen molar-refractivity contribution >= 4 is 23.5 Å². The van der Waals surface area contributed by atoms with Crippen LogP contribution >= 0.6 is 11.8 Å². The third-order valence-corrected chi connectivity index (χ3v) is 4.65. The lowest BCUT2D eigenvalue weighted by Crippen LogP contribution is -2.34. The van der Waals surface area contributed by atoms with Gasteiger partial charge in [0.2, 0.25) is 5.88 Å². The van der Waals surface area contributed by atoms with Crippen LogP contribution < -0.4 is 15.4 Å². The van der Waals surface area contributed by atoms with Gasteiger partial charge in [-0.05, 0) is 42.3 Å². The Morgan fingerprint density at radius 3 is 3.13 bits per heavy atom. The summed E-state index contributed by atoms with van der Waals surface area (Å²) in [6, 6.07) is 7.50. The number of ether oxygens (including phenoxy) is 1. The Balaban J connectivity index is 1.73. The average molecular weight is 333 g/mol. The van der Waals surface area contributed by atoms with Crippen LogP contribution in [-0.2, 0) is 0 Å². The van der Waals surface area contributed by atoms with Crippen molar-refractivity contribution in [1.29, 1.82) is 0 Å². The van der Waals surface area contributed by atoms with E-state index < -0.39 is 0 Å². The van der Waals surface area contributed by atoms with Crippen molar-refractivity contribution in [1.82, 2.24) is 10.3 Å². The van der Waals surface area contributed by atoms with Crippen molar-refractivity contribution in [3.05, 3.63) is 47.9 Å². The zero-order valence-electron chi connectivity index (χ0n) is 12.5. The summed E-state index contributed by atoms with van der Waals surface area (Å²) in [5.41, 5.74) is 1.30. The lowest BCUT2D eigenvalue weighted by Gasteiger charge is -2.26. The van der Waals surface area contributed by atoms with Gasteiger partial charge in [0.05, 0.1) is 13.2 Å². The number of benzene rings is 1. The zero-order chi connectivity index (χ0) is 16.2. The molecule has 0 radical (unpaired) electrons. The molecule has 0 aliphatic carbocycles. The fraction of sp³-hybridized carbons (Fsp3) is 0.250. The number of anilines is 1. The van der Waals surface area contributed by atoms with Gasteiger partial charge in [-0.15, -0.1) is 11.8 Å². The van der Waals surface area contributed by atoms with E-state index in [1.54, 1.807) is 36.2 Å². The van der Waals surface area contributed by atoms with Gasteiger partial charge >= 0.3 is 6.03 Å². The summed E-state index contributed by atoms with van der Waals surface area (Å²) in [6.45, 7) is 0. The lowest BCUT2D eigenvalue weighted by molar-refractivity contribution is 0.248. The molecule has 23 heavy (non-hydrogen) atoms. The van der Waals surface area contributed by atoms with Crippen molar-refractivity contribution < 1.29 is 13.9 Å².